The van der Waals surface area contributed by atoms with Gasteiger partial charge in [-0.1, -0.05) is 31.2 Å². The van der Waals surface area contributed by atoms with Crippen LogP contribution in [0.5, 0.6) is 0 Å². The van der Waals surface area contributed by atoms with Gasteiger partial charge < -0.3 is 15.0 Å². The molecule has 4 aliphatic rings. The number of nitrogens with zero attached hydrogens (tertiary/aromatic N) is 1. The Bertz CT molecular complexity index is 785. The van der Waals surface area contributed by atoms with Crippen LogP contribution in [-0.4, -0.2) is 41.6 Å². The predicted octanol–water partition coefficient (Wildman–Crippen LogP) is 3.72. The summed E-state index contributed by atoms with van der Waals surface area (Å²) < 4.78 is 5.21. The van der Waals surface area contributed by atoms with Crippen molar-refractivity contribution in [3.8, 4) is 0 Å². The first-order valence-electron chi connectivity index (χ1n) is 10.8. The monoisotopic (exact) mass is 382 g/mol. The molecule has 5 nitrogen and oxygen atoms in total. The highest BCUT2D eigenvalue weighted by Crippen LogP contribution is 2.48. The molecule has 2 aliphatic carbocycles. The Morgan fingerprint density at radius 3 is 2.32 bits per heavy atom. The first kappa shape index (κ1) is 18.0. The van der Waals surface area contributed by atoms with Crippen LogP contribution in [0.3, 0.4) is 0 Å². The summed E-state index contributed by atoms with van der Waals surface area (Å²) in [5.74, 6) is 0.842. The molecule has 4 fully saturated rings. The number of carbonyl (C=O) groups excluding carboxylic acids is 2. The van der Waals surface area contributed by atoms with E-state index in [9.17, 15) is 9.59 Å². The SMILES string of the molecule is CC1OC(=O)N[C@]12C[C@@H](C(=O)N1CCC(c3ccc(C4(C)CC4)cc3)CC1)C2. The highest BCUT2D eigenvalue weighted by molar-refractivity contribution is 5.82. The van der Waals surface area contributed by atoms with Gasteiger partial charge in [-0.25, -0.2) is 4.79 Å². The third kappa shape index (κ3) is 2.90. The topological polar surface area (TPSA) is 58.6 Å². The van der Waals surface area contributed by atoms with Crippen molar-refractivity contribution in [2.24, 2.45) is 5.92 Å². The van der Waals surface area contributed by atoms with Crippen molar-refractivity contribution < 1.29 is 14.3 Å². The Labute approximate surface area is 166 Å². The molecule has 1 aromatic carbocycles. The number of alkyl carbamates (subject to hydrolysis) is 1. The van der Waals surface area contributed by atoms with Crippen LogP contribution in [0.2, 0.25) is 0 Å². The fourth-order valence-corrected chi connectivity index (χ4v) is 5.36. The lowest BCUT2D eigenvalue weighted by Crippen LogP contribution is -2.61. The summed E-state index contributed by atoms with van der Waals surface area (Å²) in [5.41, 5.74) is 3.01. The molecule has 0 bridgehead atoms. The number of carbonyl (C=O) groups is 2. The molecule has 2 amide bonds. The zero-order chi connectivity index (χ0) is 19.5. The van der Waals surface area contributed by atoms with Crippen LogP contribution in [0.4, 0.5) is 4.79 Å². The quantitative estimate of drug-likeness (QED) is 0.867. The van der Waals surface area contributed by atoms with Gasteiger partial charge in [0.05, 0.1) is 5.54 Å². The van der Waals surface area contributed by atoms with Crippen LogP contribution in [0.15, 0.2) is 24.3 Å². The van der Waals surface area contributed by atoms with E-state index in [0.29, 0.717) is 24.2 Å². The minimum Gasteiger partial charge on any atom is -0.444 e. The number of benzene rings is 1. The van der Waals surface area contributed by atoms with Crippen molar-refractivity contribution in [1.29, 1.82) is 0 Å². The summed E-state index contributed by atoms with van der Waals surface area (Å²) in [6, 6.07) is 9.24. The number of hydrogen-bond donors (Lipinski definition) is 1. The minimum absolute atomic E-state index is 0.0274. The standard InChI is InChI=1S/C23H30N2O3/c1-15-23(24-21(27)28-15)13-18(14-23)20(26)25-11-7-17(8-12-25)16-3-5-19(6-4-16)22(2)9-10-22/h3-6,15,17-18H,7-14H2,1-2H3,(H,24,27)/t15?,18-,23+. The van der Waals surface area contributed by atoms with E-state index in [4.69, 9.17) is 4.74 Å². The van der Waals surface area contributed by atoms with Crippen LogP contribution in [0.25, 0.3) is 0 Å². The molecule has 0 aromatic heterocycles. The lowest BCUT2D eigenvalue weighted by atomic mass is 9.65. The van der Waals surface area contributed by atoms with Crippen molar-refractivity contribution >= 4 is 12.0 Å². The highest BCUT2D eigenvalue weighted by Gasteiger charge is 2.57. The average Bonchev–Trinajstić information content (AvgIpc) is 3.35. The molecule has 2 saturated carbocycles. The third-order valence-electron chi connectivity index (χ3n) is 7.87. The van der Waals surface area contributed by atoms with E-state index in [-0.39, 0.29) is 29.6 Å². The molecule has 1 aromatic rings. The van der Waals surface area contributed by atoms with Gasteiger partial charge in [0.15, 0.2) is 0 Å². The van der Waals surface area contributed by atoms with E-state index in [1.807, 2.05) is 11.8 Å². The van der Waals surface area contributed by atoms with Gasteiger partial charge in [0.25, 0.3) is 0 Å². The maximum atomic E-state index is 12.9. The Kier molecular flexibility index (Phi) is 4.01. The van der Waals surface area contributed by atoms with Crippen LogP contribution in [-0.2, 0) is 14.9 Å². The second-order valence-corrected chi connectivity index (χ2v) is 9.72. The maximum absolute atomic E-state index is 12.9. The number of cyclic esters (lactones) is 1. The van der Waals surface area contributed by atoms with Gasteiger partial charge in [0.1, 0.15) is 6.10 Å². The van der Waals surface area contributed by atoms with E-state index < -0.39 is 0 Å². The number of hydrogen-bond acceptors (Lipinski definition) is 3. The largest absolute Gasteiger partial charge is 0.444 e. The van der Waals surface area contributed by atoms with Gasteiger partial charge in [-0.2, -0.15) is 0 Å². The number of nitrogens with one attached hydrogen (secondary N) is 1. The molecule has 1 atom stereocenters. The number of amides is 2. The molecule has 2 saturated heterocycles. The van der Waals surface area contributed by atoms with Crippen LogP contribution in [0, 0.1) is 5.92 Å². The first-order chi connectivity index (χ1) is 13.4. The number of ether oxygens (including phenoxy) is 1. The summed E-state index contributed by atoms with van der Waals surface area (Å²) in [6.07, 6.45) is 5.62. The van der Waals surface area contributed by atoms with Crippen LogP contribution < -0.4 is 5.32 Å². The van der Waals surface area contributed by atoms with Gasteiger partial charge >= 0.3 is 6.09 Å². The average molecular weight is 383 g/mol. The summed E-state index contributed by atoms with van der Waals surface area (Å²) in [6.45, 7) is 5.94. The zero-order valence-corrected chi connectivity index (χ0v) is 16.9. The molecule has 1 unspecified atom stereocenters. The summed E-state index contributed by atoms with van der Waals surface area (Å²) in [5, 5.41) is 2.92. The molecular weight excluding hydrogens is 352 g/mol. The van der Waals surface area contributed by atoms with Crippen molar-refractivity contribution in [2.75, 3.05) is 13.1 Å². The van der Waals surface area contributed by atoms with Crippen LogP contribution in [0.1, 0.15) is 69.4 Å². The molecule has 2 aliphatic heterocycles. The Hall–Kier alpha value is -2.04. The molecule has 5 heteroatoms. The van der Waals surface area contributed by atoms with Gasteiger partial charge in [-0.15, -0.1) is 0 Å². The summed E-state index contributed by atoms with van der Waals surface area (Å²) in [4.78, 5) is 26.4. The molecule has 1 spiro atoms. The van der Waals surface area contributed by atoms with Gasteiger partial charge in [0.2, 0.25) is 5.91 Å². The smallest absolute Gasteiger partial charge is 0.408 e. The second-order valence-electron chi connectivity index (χ2n) is 9.72. The lowest BCUT2D eigenvalue weighted by Gasteiger charge is -2.47. The highest BCUT2D eigenvalue weighted by atomic mass is 16.6. The fourth-order valence-electron chi connectivity index (χ4n) is 5.36. The maximum Gasteiger partial charge on any atom is 0.408 e. The Morgan fingerprint density at radius 2 is 1.79 bits per heavy atom. The fraction of sp³-hybridized carbons (Fsp3) is 0.652. The Morgan fingerprint density at radius 1 is 1.14 bits per heavy atom. The number of piperidine rings is 1. The van der Waals surface area contributed by atoms with E-state index in [2.05, 4.69) is 36.5 Å². The van der Waals surface area contributed by atoms with E-state index in [1.54, 1.807) is 0 Å². The van der Waals surface area contributed by atoms with E-state index >= 15 is 0 Å². The third-order valence-corrected chi connectivity index (χ3v) is 7.87. The molecule has 0 radical (unpaired) electrons. The van der Waals surface area contributed by atoms with E-state index in [0.717, 1.165) is 25.9 Å². The normalized spacial score (nSPS) is 33.9. The first-order valence-corrected chi connectivity index (χ1v) is 10.8. The summed E-state index contributed by atoms with van der Waals surface area (Å²) >= 11 is 0. The van der Waals surface area contributed by atoms with Crippen molar-refractivity contribution in [3.05, 3.63) is 35.4 Å². The second kappa shape index (κ2) is 6.23. The van der Waals surface area contributed by atoms with Crippen molar-refractivity contribution in [3.63, 3.8) is 0 Å². The number of likely N-dealkylation sites (tertiary alicyclic amines) is 1. The minimum atomic E-state index is -0.346. The van der Waals surface area contributed by atoms with Crippen molar-refractivity contribution in [2.45, 2.75) is 75.3 Å². The number of rotatable bonds is 3. The predicted molar refractivity (Wildman–Crippen MR) is 106 cm³/mol. The molecule has 150 valence electrons. The van der Waals surface area contributed by atoms with Gasteiger partial charge in [-0.3, -0.25) is 4.79 Å². The summed E-state index contributed by atoms with van der Waals surface area (Å²) in [7, 11) is 0. The Balaban J connectivity index is 1.14. The van der Waals surface area contributed by atoms with Crippen molar-refractivity contribution in [1.82, 2.24) is 10.2 Å². The molecule has 2 heterocycles. The lowest BCUT2D eigenvalue weighted by molar-refractivity contribution is -0.143. The zero-order valence-electron chi connectivity index (χ0n) is 16.9. The van der Waals surface area contributed by atoms with E-state index in [1.165, 1.54) is 24.0 Å². The van der Waals surface area contributed by atoms with Gasteiger partial charge in [0, 0.05) is 19.0 Å². The molecular formula is C23H30N2O3. The van der Waals surface area contributed by atoms with Crippen LogP contribution >= 0.6 is 0 Å². The van der Waals surface area contributed by atoms with Gasteiger partial charge in [-0.05, 0) is 67.9 Å². The molecule has 5 rings (SSSR count). The molecule has 1 N–H and O–H groups in total. The molecule has 28 heavy (non-hydrogen) atoms.